The Morgan fingerprint density at radius 2 is 1.71 bits per heavy atom. The third kappa shape index (κ3) is 5.43. The lowest BCUT2D eigenvalue weighted by molar-refractivity contribution is -0.127. The topological polar surface area (TPSA) is 88.6 Å². The van der Waals surface area contributed by atoms with E-state index in [1.54, 1.807) is 42.7 Å². The highest BCUT2D eigenvalue weighted by Crippen LogP contribution is 2.26. The molecule has 2 aliphatic rings. The molecular formula is C23H29N3O4S. The summed E-state index contributed by atoms with van der Waals surface area (Å²) in [5, 5.41) is 3.16. The van der Waals surface area contributed by atoms with Crippen LogP contribution in [-0.2, 0) is 14.8 Å². The number of piperidine rings is 1. The first-order valence-corrected chi connectivity index (χ1v) is 12.4. The van der Waals surface area contributed by atoms with Gasteiger partial charge in [-0.1, -0.05) is 18.2 Å². The Morgan fingerprint density at radius 3 is 2.42 bits per heavy atom. The molecule has 1 amide bonds. The van der Waals surface area contributed by atoms with Crippen LogP contribution in [0.3, 0.4) is 0 Å². The van der Waals surface area contributed by atoms with E-state index in [1.807, 2.05) is 12.1 Å². The van der Waals surface area contributed by atoms with Gasteiger partial charge >= 0.3 is 0 Å². The quantitative estimate of drug-likeness (QED) is 0.742. The average Bonchev–Trinajstić information content (AvgIpc) is 2.82. The van der Waals surface area contributed by atoms with Crippen molar-refractivity contribution in [1.82, 2.24) is 14.6 Å². The smallest absolute Gasteiger partial charge is 0.243 e. The van der Waals surface area contributed by atoms with Gasteiger partial charge < -0.3 is 10.1 Å². The van der Waals surface area contributed by atoms with Crippen molar-refractivity contribution in [3.63, 3.8) is 0 Å². The van der Waals surface area contributed by atoms with Gasteiger partial charge in [0, 0.05) is 31.5 Å². The summed E-state index contributed by atoms with van der Waals surface area (Å²) in [6.45, 7) is 0.696. The number of pyridine rings is 1. The van der Waals surface area contributed by atoms with Crippen LogP contribution in [0.5, 0.6) is 5.75 Å². The lowest BCUT2D eigenvalue weighted by atomic mass is 9.91. The molecule has 0 spiro atoms. The van der Waals surface area contributed by atoms with E-state index in [0.29, 0.717) is 19.4 Å². The first-order valence-electron chi connectivity index (χ1n) is 10.9. The number of hydrogen-bond donors (Lipinski definition) is 1. The van der Waals surface area contributed by atoms with Gasteiger partial charge in [0.15, 0.2) is 0 Å². The molecule has 1 aromatic heterocycles. The summed E-state index contributed by atoms with van der Waals surface area (Å²) in [6.07, 6.45) is 8.47. The molecule has 4 rings (SSSR count). The summed E-state index contributed by atoms with van der Waals surface area (Å²) >= 11 is 0. The van der Waals surface area contributed by atoms with Crippen molar-refractivity contribution in [3.05, 3.63) is 54.9 Å². The number of ether oxygens (including phenoxy) is 1. The normalized spacial score (nSPS) is 25.0. The van der Waals surface area contributed by atoms with Crippen molar-refractivity contribution in [2.24, 2.45) is 5.92 Å². The van der Waals surface area contributed by atoms with Gasteiger partial charge in [-0.2, -0.15) is 4.31 Å². The molecule has 166 valence electrons. The zero-order valence-electron chi connectivity index (χ0n) is 17.5. The Morgan fingerprint density at radius 1 is 1.00 bits per heavy atom. The molecule has 8 heteroatoms. The van der Waals surface area contributed by atoms with Crippen LogP contribution in [0.1, 0.15) is 38.5 Å². The molecule has 7 nitrogen and oxygen atoms in total. The van der Waals surface area contributed by atoms with Gasteiger partial charge in [0.25, 0.3) is 0 Å². The van der Waals surface area contributed by atoms with E-state index in [4.69, 9.17) is 4.74 Å². The van der Waals surface area contributed by atoms with E-state index in [2.05, 4.69) is 10.3 Å². The summed E-state index contributed by atoms with van der Waals surface area (Å²) in [7, 11) is -3.57. The number of nitrogens with zero attached hydrogens (tertiary/aromatic N) is 2. The molecule has 1 atom stereocenters. The van der Waals surface area contributed by atoms with Crippen molar-refractivity contribution < 1.29 is 17.9 Å². The standard InChI is InChI=1S/C23H29N3O4S/c27-23(25-19-8-10-20(11-9-19)30-21-12-14-24-15-13-21)18-5-4-16-26(17-18)31(28,29)22-6-2-1-3-7-22/h1-3,6-7,12-15,18-20H,4-5,8-11,16-17H2,(H,25,27)/t18-,19-,20+/m0/s1. The van der Waals surface area contributed by atoms with Gasteiger partial charge in [-0.3, -0.25) is 9.78 Å². The number of carbonyl (C=O) groups is 1. The number of sulfonamides is 1. The van der Waals surface area contributed by atoms with Crippen molar-refractivity contribution in [2.75, 3.05) is 13.1 Å². The molecule has 0 bridgehead atoms. The second-order valence-electron chi connectivity index (χ2n) is 8.30. The Kier molecular flexibility index (Phi) is 6.87. The molecule has 1 saturated carbocycles. The molecule has 1 saturated heterocycles. The molecule has 2 fully saturated rings. The maximum Gasteiger partial charge on any atom is 0.243 e. The fraction of sp³-hybridized carbons (Fsp3) is 0.478. The SMILES string of the molecule is O=C(N[C@H]1CC[C@@H](Oc2ccncc2)CC1)[C@H]1CCCN(S(=O)(=O)c2ccccc2)C1. The predicted octanol–water partition coefficient (Wildman–Crippen LogP) is 2.99. The molecular weight excluding hydrogens is 414 g/mol. The largest absolute Gasteiger partial charge is 0.490 e. The Hall–Kier alpha value is -2.45. The maximum absolute atomic E-state index is 12.9. The van der Waals surface area contributed by atoms with Gasteiger partial charge in [0.2, 0.25) is 15.9 Å². The van der Waals surface area contributed by atoms with E-state index in [-0.39, 0.29) is 35.4 Å². The van der Waals surface area contributed by atoms with E-state index in [9.17, 15) is 13.2 Å². The molecule has 1 aliphatic heterocycles. The Labute approximate surface area is 183 Å². The lowest BCUT2D eigenvalue weighted by Gasteiger charge is -2.34. The van der Waals surface area contributed by atoms with E-state index in [0.717, 1.165) is 31.4 Å². The van der Waals surface area contributed by atoms with Crippen LogP contribution in [0.15, 0.2) is 59.8 Å². The van der Waals surface area contributed by atoms with Crippen molar-refractivity contribution in [2.45, 2.75) is 55.6 Å². The number of hydrogen-bond acceptors (Lipinski definition) is 5. The minimum Gasteiger partial charge on any atom is -0.490 e. The van der Waals surface area contributed by atoms with Crippen LogP contribution >= 0.6 is 0 Å². The van der Waals surface area contributed by atoms with Crippen LogP contribution in [-0.4, -0.2) is 48.8 Å². The van der Waals surface area contributed by atoms with Gasteiger partial charge in [-0.25, -0.2) is 8.42 Å². The highest BCUT2D eigenvalue weighted by atomic mass is 32.2. The number of amides is 1. The highest BCUT2D eigenvalue weighted by molar-refractivity contribution is 7.89. The van der Waals surface area contributed by atoms with E-state index < -0.39 is 10.0 Å². The highest BCUT2D eigenvalue weighted by Gasteiger charge is 2.34. The van der Waals surface area contributed by atoms with Gasteiger partial charge in [-0.05, 0) is 62.8 Å². The van der Waals surface area contributed by atoms with Gasteiger partial charge in [0.1, 0.15) is 5.75 Å². The van der Waals surface area contributed by atoms with Gasteiger partial charge in [-0.15, -0.1) is 0 Å². The zero-order chi connectivity index (χ0) is 21.7. The first kappa shape index (κ1) is 21.8. The number of benzene rings is 1. The van der Waals surface area contributed by atoms with Gasteiger partial charge in [0.05, 0.1) is 16.9 Å². The summed E-state index contributed by atoms with van der Waals surface area (Å²) in [4.78, 5) is 17.2. The molecule has 1 aliphatic carbocycles. The number of aromatic nitrogens is 1. The van der Waals surface area contributed by atoms with Crippen LogP contribution in [0, 0.1) is 5.92 Å². The maximum atomic E-state index is 12.9. The second-order valence-corrected chi connectivity index (χ2v) is 10.2. The molecule has 1 aromatic carbocycles. The van der Waals surface area contributed by atoms with E-state index >= 15 is 0 Å². The fourth-order valence-corrected chi connectivity index (χ4v) is 5.91. The van der Waals surface area contributed by atoms with Crippen LogP contribution < -0.4 is 10.1 Å². The minimum atomic E-state index is -3.57. The third-order valence-electron chi connectivity index (χ3n) is 6.11. The van der Waals surface area contributed by atoms with E-state index in [1.165, 1.54) is 4.31 Å². The summed E-state index contributed by atoms with van der Waals surface area (Å²) in [5.41, 5.74) is 0. The monoisotopic (exact) mass is 443 g/mol. The predicted molar refractivity (Wildman–Crippen MR) is 117 cm³/mol. The third-order valence-corrected chi connectivity index (χ3v) is 7.99. The molecule has 0 radical (unpaired) electrons. The minimum absolute atomic E-state index is 0.0357. The molecule has 1 N–H and O–H groups in total. The van der Waals surface area contributed by atoms with Crippen molar-refractivity contribution in [3.8, 4) is 5.75 Å². The van der Waals surface area contributed by atoms with Crippen molar-refractivity contribution in [1.29, 1.82) is 0 Å². The number of nitrogens with one attached hydrogen (secondary N) is 1. The van der Waals surface area contributed by atoms with Crippen molar-refractivity contribution >= 4 is 15.9 Å². The average molecular weight is 444 g/mol. The summed E-state index contributed by atoms with van der Waals surface area (Å²) in [6, 6.07) is 12.3. The van der Waals surface area contributed by atoms with Crippen LogP contribution in [0.25, 0.3) is 0 Å². The Bertz CT molecular complexity index is 961. The Balaban J connectivity index is 1.28. The number of rotatable bonds is 6. The summed E-state index contributed by atoms with van der Waals surface area (Å²) in [5.74, 6) is 0.480. The first-order chi connectivity index (χ1) is 15.0. The number of carbonyl (C=O) groups excluding carboxylic acids is 1. The summed E-state index contributed by atoms with van der Waals surface area (Å²) < 4.78 is 33.3. The molecule has 2 heterocycles. The zero-order valence-corrected chi connectivity index (χ0v) is 18.3. The van der Waals surface area contributed by atoms with Crippen LogP contribution in [0.2, 0.25) is 0 Å². The lowest BCUT2D eigenvalue weighted by Crippen LogP contribution is -2.48. The fourth-order valence-electron chi connectivity index (χ4n) is 4.37. The second kappa shape index (κ2) is 9.78. The molecule has 2 aromatic rings. The molecule has 31 heavy (non-hydrogen) atoms. The molecule has 0 unspecified atom stereocenters. The van der Waals surface area contributed by atoms with Crippen LogP contribution in [0.4, 0.5) is 0 Å².